The van der Waals surface area contributed by atoms with Crippen LogP contribution in [0.15, 0.2) is 102 Å². The van der Waals surface area contributed by atoms with E-state index in [1.54, 1.807) is 48.2 Å². The molecule has 4 atom stereocenters. The molecular weight excluding hydrogens is 576 g/mol. The van der Waals surface area contributed by atoms with Gasteiger partial charge in [-0.15, -0.1) is 11.8 Å². The van der Waals surface area contributed by atoms with Gasteiger partial charge >= 0.3 is 0 Å². The van der Waals surface area contributed by atoms with Gasteiger partial charge in [0.2, 0.25) is 5.91 Å². The molecule has 44 heavy (non-hydrogen) atoms. The number of nitrogens with one attached hydrogen (secondary N) is 1. The van der Waals surface area contributed by atoms with Gasteiger partial charge in [0, 0.05) is 34.7 Å². The second-order valence-electron chi connectivity index (χ2n) is 10.9. The summed E-state index contributed by atoms with van der Waals surface area (Å²) in [5.74, 6) is -0.124. The first-order valence-corrected chi connectivity index (χ1v) is 15.4. The summed E-state index contributed by atoms with van der Waals surface area (Å²) in [7, 11) is 0. The van der Waals surface area contributed by atoms with E-state index in [1.165, 1.54) is 11.8 Å². The monoisotopic (exact) mass is 608 g/mol. The summed E-state index contributed by atoms with van der Waals surface area (Å²) in [6, 6.07) is 29.4. The van der Waals surface area contributed by atoms with E-state index in [4.69, 9.17) is 9.47 Å². The van der Waals surface area contributed by atoms with Gasteiger partial charge in [0.1, 0.15) is 0 Å². The smallest absolute Gasteiger partial charge is 0.266 e. The molecule has 0 spiro atoms. The van der Waals surface area contributed by atoms with Crippen LogP contribution in [0.1, 0.15) is 63.6 Å². The third kappa shape index (κ3) is 6.05. The van der Waals surface area contributed by atoms with Crippen molar-refractivity contribution in [1.82, 2.24) is 0 Å². The van der Waals surface area contributed by atoms with Crippen LogP contribution in [0.5, 0.6) is 0 Å². The molecule has 0 aliphatic carbocycles. The molecule has 6 rings (SSSR count). The number of aliphatic hydroxyl groups excluding tert-OH is 1. The maximum atomic E-state index is 13.0. The minimum atomic E-state index is -0.683. The minimum absolute atomic E-state index is 0.00926. The van der Waals surface area contributed by atoms with Crippen LogP contribution in [0.4, 0.5) is 11.4 Å². The highest BCUT2D eigenvalue weighted by atomic mass is 32.2. The molecule has 9 heteroatoms. The second-order valence-corrected chi connectivity index (χ2v) is 12.0. The third-order valence-corrected chi connectivity index (χ3v) is 9.03. The van der Waals surface area contributed by atoms with Gasteiger partial charge in [-0.05, 0) is 59.7 Å². The number of rotatable bonds is 8. The molecule has 0 radical (unpaired) electrons. The normalized spacial score (nSPS) is 21.3. The van der Waals surface area contributed by atoms with Crippen LogP contribution in [0.2, 0.25) is 0 Å². The van der Waals surface area contributed by atoms with E-state index in [0.717, 1.165) is 27.3 Å². The van der Waals surface area contributed by atoms with Crippen molar-refractivity contribution in [2.75, 3.05) is 16.0 Å². The van der Waals surface area contributed by atoms with Crippen molar-refractivity contribution in [3.8, 4) is 0 Å². The lowest BCUT2D eigenvalue weighted by atomic mass is 9.91. The standard InChI is InChI=1S/C35H32N2O6S/c1-21-31(20-44-28-17-13-26(14-18-28)36-22(2)39)42-35(43-32(21)24-9-7-23(19-38)8-10-24)25-11-15-27(16-12-25)37-33(40)29-5-3-4-6-30(29)34(37)41/h3-18,21,31-32,35,38H,19-20H2,1-2H3,(H,36,39)/t21-,31+,32+,35+/m1/s1. The fourth-order valence-corrected chi connectivity index (χ4v) is 6.60. The van der Waals surface area contributed by atoms with Crippen LogP contribution in [0, 0.1) is 5.92 Å². The summed E-state index contributed by atoms with van der Waals surface area (Å²) in [5, 5.41) is 12.3. The number of benzene rings is 4. The van der Waals surface area contributed by atoms with Gasteiger partial charge < -0.3 is 19.9 Å². The van der Waals surface area contributed by atoms with Gasteiger partial charge in [0.15, 0.2) is 6.29 Å². The van der Waals surface area contributed by atoms with Crippen LogP contribution in [0.3, 0.4) is 0 Å². The van der Waals surface area contributed by atoms with E-state index in [0.29, 0.717) is 22.6 Å². The number of thioether (sulfide) groups is 1. The van der Waals surface area contributed by atoms with E-state index in [1.807, 2.05) is 60.7 Å². The summed E-state index contributed by atoms with van der Waals surface area (Å²) in [5.41, 5.74) is 4.60. The number of aliphatic hydroxyl groups is 1. The van der Waals surface area contributed by atoms with Crippen molar-refractivity contribution in [3.05, 3.63) is 125 Å². The number of anilines is 2. The van der Waals surface area contributed by atoms with E-state index in [-0.39, 0.29) is 42.5 Å². The molecule has 1 fully saturated rings. The highest BCUT2D eigenvalue weighted by Crippen LogP contribution is 2.43. The van der Waals surface area contributed by atoms with Crippen LogP contribution in [-0.4, -0.2) is 34.7 Å². The molecule has 2 N–H and O–H groups in total. The summed E-state index contributed by atoms with van der Waals surface area (Å²) in [4.78, 5) is 39.6. The number of fused-ring (bicyclic) bond motifs is 1. The number of amides is 3. The van der Waals surface area contributed by atoms with Crippen molar-refractivity contribution in [2.24, 2.45) is 5.92 Å². The van der Waals surface area contributed by atoms with Gasteiger partial charge in [0.05, 0.1) is 35.6 Å². The quantitative estimate of drug-likeness (QED) is 0.173. The highest BCUT2D eigenvalue weighted by Gasteiger charge is 2.39. The first-order chi connectivity index (χ1) is 21.3. The third-order valence-electron chi connectivity index (χ3n) is 7.93. The average molecular weight is 609 g/mol. The van der Waals surface area contributed by atoms with Crippen molar-refractivity contribution < 1.29 is 29.0 Å². The molecule has 4 aromatic carbocycles. The molecule has 2 aliphatic heterocycles. The van der Waals surface area contributed by atoms with Crippen molar-refractivity contribution in [1.29, 1.82) is 0 Å². The van der Waals surface area contributed by atoms with Crippen LogP contribution in [-0.2, 0) is 20.9 Å². The maximum Gasteiger partial charge on any atom is 0.266 e. The molecular formula is C35H32N2O6S. The number of carbonyl (C=O) groups is 3. The first kappa shape index (κ1) is 29.8. The second kappa shape index (κ2) is 12.8. The predicted molar refractivity (Wildman–Crippen MR) is 168 cm³/mol. The van der Waals surface area contributed by atoms with Crippen molar-refractivity contribution in [3.63, 3.8) is 0 Å². The fraction of sp³-hybridized carbons (Fsp3) is 0.229. The van der Waals surface area contributed by atoms with Crippen LogP contribution in [0.25, 0.3) is 0 Å². The topological polar surface area (TPSA) is 105 Å². The number of ether oxygens (including phenoxy) is 2. The average Bonchev–Trinajstić information content (AvgIpc) is 3.30. The Morgan fingerprint density at radius 3 is 2.05 bits per heavy atom. The number of carbonyl (C=O) groups excluding carboxylic acids is 3. The van der Waals surface area contributed by atoms with E-state index in [9.17, 15) is 19.5 Å². The van der Waals surface area contributed by atoms with Crippen molar-refractivity contribution in [2.45, 2.75) is 43.8 Å². The molecule has 3 amide bonds. The molecule has 224 valence electrons. The SMILES string of the molecule is CC(=O)Nc1ccc(SC[C@@H]2O[C@H](c3ccc(N4C(=O)c5ccccc5C4=O)cc3)O[C@H](c3ccc(CO)cc3)[C@@H]2C)cc1. The van der Waals surface area contributed by atoms with Gasteiger partial charge in [-0.1, -0.05) is 55.5 Å². The molecule has 0 saturated carbocycles. The zero-order valence-electron chi connectivity index (χ0n) is 24.3. The Bertz CT molecular complexity index is 1640. The Hall–Kier alpha value is -4.28. The van der Waals surface area contributed by atoms with Gasteiger partial charge in [-0.3, -0.25) is 14.4 Å². The molecule has 0 bridgehead atoms. The molecule has 2 aliphatic rings. The van der Waals surface area contributed by atoms with E-state index < -0.39 is 6.29 Å². The number of imide groups is 1. The Labute approximate surface area is 260 Å². The summed E-state index contributed by atoms with van der Waals surface area (Å²) in [6.07, 6.45) is -1.13. The number of hydrogen-bond donors (Lipinski definition) is 2. The number of hydrogen-bond acceptors (Lipinski definition) is 7. The molecule has 1 saturated heterocycles. The van der Waals surface area contributed by atoms with E-state index >= 15 is 0 Å². The zero-order chi connectivity index (χ0) is 30.8. The molecule has 8 nitrogen and oxygen atoms in total. The van der Waals surface area contributed by atoms with Crippen LogP contribution >= 0.6 is 11.8 Å². The van der Waals surface area contributed by atoms with Gasteiger partial charge in [-0.2, -0.15) is 0 Å². The van der Waals surface area contributed by atoms with Crippen molar-refractivity contribution >= 4 is 40.9 Å². The minimum Gasteiger partial charge on any atom is -0.392 e. The summed E-state index contributed by atoms with van der Waals surface area (Å²) in [6.45, 7) is 3.55. The maximum absolute atomic E-state index is 13.0. The van der Waals surface area contributed by atoms with Gasteiger partial charge in [0.25, 0.3) is 11.8 Å². The fourth-order valence-electron chi connectivity index (χ4n) is 5.53. The van der Waals surface area contributed by atoms with Gasteiger partial charge in [-0.25, -0.2) is 4.90 Å². The Morgan fingerprint density at radius 2 is 1.45 bits per heavy atom. The Morgan fingerprint density at radius 1 is 0.841 bits per heavy atom. The molecule has 0 aromatic heterocycles. The number of nitrogens with zero attached hydrogens (tertiary/aromatic N) is 1. The lowest BCUT2D eigenvalue weighted by Gasteiger charge is -2.41. The molecule has 4 aromatic rings. The predicted octanol–water partition coefficient (Wildman–Crippen LogP) is 6.52. The first-order valence-electron chi connectivity index (χ1n) is 14.4. The summed E-state index contributed by atoms with van der Waals surface area (Å²) >= 11 is 1.66. The lowest BCUT2D eigenvalue weighted by Crippen LogP contribution is -2.38. The van der Waals surface area contributed by atoms with E-state index in [2.05, 4.69) is 12.2 Å². The largest absolute Gasteiger partial charge is 0.392 e. The summed E-state index contributed by atoms with van der Waals surface area (Å²) < 4.78 is 13.1. The Kier molecular flexibility index (Phi) is 8.63. The lowest BCUT2D eigenvalue weighted by molar-refractivity contribution is -0.268. The highest BCUT2D eigenvalue weighted by molar-refractivity contribution is 7.99. The Balaban J connectivity index is 1.23. The zero-order valence-corrected chi connectivity index (χ0v) is 25.1. The molecule has 0 unspecified atom stereocenters. The molecule has 2 heterocycles. The van der Waals surface area contributed by atoms with Crippen LogP contribution < -0.4 is 10.2 Å².